The number of benzene rings is 3. The molecular weight excluding hydrogens is 453 g/mol. The molecule has 2 aliphatic rings. The van der Waals surface area contributed by atoms with E-state index in [1.807, 2.05) is 6.07 Å². The average Bonchev–Trinajstić information content (AvgIpc) is 3.49. The fourth-order valence-corrected chi connectivity index (χ4v) is 4.14. The largest absolute Gasteiger partial charge is 0.454 e. The molecule has 0 aliphatic carbocycles. The molecule has 8 nitrogen and oxygen atoms in total. The molecule has 3 aromatic carbocycles. The first-order valence-corrected chi connectivity index (χ1v) is 11.1. The molecule has 0 bridgehead atoms. The van der Waals surface area contributed by atoms with Crippen molar-refractivity contribution in [1.82, 2.24) is 5.32 Å². The zero-order chi connectivity index (χ0) is 24.4. The quantitative estimate of drug-likeness (QED) is 0.569. The van der Waals surface area contributed by atoms with E-state index in [0.29, 0.717) is 17.2 Å². The number of rotatable bonds is 6. The van der Waals surface area contributed by atoms with Gasteiger partial charge in [-0.15, -0.1) is 0 Å². The Bertz CT molecular complexity index is 1310. The monoisotopic (exact) mass is 475 g/mol. The summed E-state index contributed by atoms with van der Waals surface area (Å²) in [5, 5.41) is 5.60. The van der Waals surface area contributed by atoms with Crippen molar-refractivity contribution in [3.8, 4) is 11.5 Å². The summed E-state index contributed by atoms with van der Waals surface area (Å²) in [6.07, 6.45) is -0.0430. The lowest BCUT2D eigenvalue weighted by molar-refractivity contribution is -0.122. The number of fused-ring (bicyclic) bond motifs is 1. The molecule has 3 aromatic rings. The van der Waals surface area contributed by atoms with Gasteiger partial charge in [0.2, 0.25) is 18.6 Å². The van der Waals surface area contributed by atoms with Crippen molar-refractivity contribution in [2.45, 2.75) is 13.0 Å². The second kappa shape index (κ2) is 9.46. The van der Waals surface area contributed by atoms with Gasteiger partial charge in [-0.3, -0.25) is 14.4 Å². The van der Waals surface area contributed by atoms with Crippen LogP contribution in [0.4, 0.5) is 15.8 Å². The summed E-state index contributed by atoms with van der Waals surface area (Å²) in [5.41, 5.74) is 1.60. The predicted molar refractivity (Wildman–Crippen MR) is 126 cm³/mol. The predicted octanol–water partition coefficient (Wildman–Crippen LogP) is 3.48. The summed E-state index contributed by atoms with van der Waals surface area (Å²) in [5.74, 6) is -1.02. The lowest BCUT2D eigenvalue weighted by atomic mass is 10.1. The first-order chi connectivity index (χ1) is 17.0. The van der Waals surface area contributed by atoms with Crippen LogP contribution < -0.4 is 25.0 Å². The fourth-order valence-electron chi connectivity index (χ4n) is 4.14. The molecule has 1 atom stereocenters. The Morgan fingerprint density at radius 1 is 1.00 bits per heavy atom. The molecule has 9 heteroatoms. The Labute approximate surface area is 200 Å². The van der Waals surface area contributed by atoms with Crippen LogP contribution in [0.3, 0.4) is 0 Å². The first kappa shape index (κ1) is 22.4. The number of hydrogen-bond acceptors (Lipinski definition) is 5. The molecule has 0 aromatic heterocycles. The third-order valence-electron chi connectivity index (χ3n) is 5.96. The molecule has 3 amide bonds. The Kier molecular flexibility index (Phi) is 6.05. The van der Waals surface area contributed by atoms with Crippen LogP contribution >= 0.6 is 0 Å². The number of ether oxygens (including phenoxy) is 2. The molecule has 0 radical (unpaired) electrons. The molecule has 2 aliphatic heterocycles. The lowest BCUT2D eigenvalue weighted by Crippen LogP contribution is -2.30. The number of anilines is 2. The van der Waals surface area contributed by atoms with E-state index in [-0.39, 0.29) is 49.4 Å². The van der Waals surface area contributed by atoms with Crippen LogP contribution in [0.5, 0.6) is 11.5 Å². The van der Waals surface area contributed by atoms with E-state index in [4.69, 9.17) is 9.47 Å². The minimum absolute atomic E-state index is 0.0430. The summed E-state index contributed by atoms with van der Waals surface area (Å²) in [6.45, 7) is 0.486. The highest BCUT2D eigenvalue weighted by atomic mass is 19.1. The molecule has 0 saturated carbocycles. The molecule has 35 heavy (non-hydrogen) atoms. The number of carbonyl (C=O) groups excluding carboxylic acids is 3. The molecule has 2 heterocycles. The minimum atomic E-state index is -0.674. The molecule has 178 valence electrons. The van der Waals surface area contributed by atoms with Gasteiger partial charge in [-0.1, -0.05) is 30.3 Å². The van der Waals surface area contributed by atoms with E-state index in [2.05, 4.69) is 10.6 Å². The maximum atomic E-state index is 14.1. The van der Waals surface area contributed by atoms with Crippen LogP contribution in [0.1, 0.15) is 22.3 Å². The summed E-state index contributed by atoms with van der Waals surface area (Å²) < 4.78 is 24.8. The van der Waals surface area contributed by atoms with E-state index in [1.54, 1.807) is 42.5 Å². The Balaban J connectivity index is 1.24. The molecule has 1 fully saturated rings. The van der Waals surface area contributed by atoms with Crippen LogP contribution in [-0.4, -0.2) is 31.1 Å². The summed E-state index contributed by atoms with van der Waals surface area (Å²) in [6, 6.07) is 18.0. The van der Waals surface area contributed by atoms with Gasteiger partial charge in [-0.2, -0.15) is 0 Å². The molecular formula is C26H22FN3O5. The standard InChI is InChI=1S/C26H22FN3O5/c27-19-6-2-4-8-21(19)30-14-17(12-24(30)31)25(32)29-20-7-3-1-5-18(20)26(33)28-13-16-9-10-22-23(11-16)35-15-34-22/h1-11,17H,12-15H2,(H,28,33)(H,29,32). The number of nitrogens with zero attached hydrogens (tertiary/aromatic N) is 1. The number of halogens is 1. The van der Waals surface area contributed by atoms with Gasteiger partial charge < -0.3 is 25.0 Å². The van der Waals surface area contributed by atoms with Crippen molar-refractivity contribution < 1.29 is 28.2 Å². The summed E-state index contributed by atoms with van der Waals surface area (Å²) >= 11 is 0. The number of amides is 3. The highest BCUT2D eigenvalue weighted by molar-refractivity contribution is 6.07. The van der Waals surface area contributed by atoms with Gasteiger partial charge in [-0.25, -0.2) is 4.39 Å². The van der Waals surface area contributed by atoms with Crippen molar-refractivity contribution >= 4 is 29.1 Å². The Hall–Kier alpha value is -4.40. The van der Waals surface area contributed by atoms with Crippen LogP contribution in [0, 0.1) is 11.7 Å². The number of hydrogen-bond donors (Lipinski definition) is 2. The van der Waals surface area contributed by atoms with E-state index < -0.39 is 17.6 Å². The van der Waals surface area contributed by atoms with Crippen molar-refractivity contribution in [3.05, 3.63) is 83.7 Å². The van der Waals surface area contributed by atoms with Crippen LogP contribution in [0.25, 0.3) is 0 Å². The molecule has 0 spiro atoms. The van der Waals surface area contributed by atoms with Crippen LogP contribution in [-0.2, 0) is 16.1 Å². The minimum Gasteiger partial charge on any atom is -0.454 e. The third-order valence-corrected chi connectivity index (χ3v) is 5.96. The molecule has 5 rings (SSSR count). The molecule has 2 N–H and O–H groups in total. The van der Waals surface area contributed by atoms with Gasteiger partial charge >= 0.3 is 0 Å². The van der Waals surface area contributed by atoms with E-state index >= 15 is 0 Å². The second-order valence-electron chi connectivity index (χ2n) is 8.26. The van der Waals surface area contributed by atoms with E-state index in [0.717, 1.165) is 5.56 Å². The number of nitrogens with one attached hydrogen (secondary N) is 2. The molecule has 1 unspecified atom stereocenters. The lowest BCUT2D eigenvalue weighted by Gasteiger charge is -2.17. The smallest absolute Gasteiger partial charge is 0.253 e. The second-order valence-corrected chi connectivity index (χ2v) is 8.26. The average molecular weight is 475 g/mol. The van der Waals surface area contributed by atoms with E-state index in [9.17, 15) is 18.8 Å². The van der Waals surface area contributed by atoms with Gasteiger partial charge in [0.25, 0.3) is 5.91 Å². The summed E-state index contributed by atoms with van der Waals surface area (Å²) in [7, 11) is 0. The first-order valence-electron chi connectivity index (χ1n) is 11.1. The van der Waals surface area contributed by atoms with Gasteiger partial charge in [-0.05, 0) is 42.0 Å². The van der Waals surface area contributed by atoms with Crippen molar-refractivity contribution in [2.75, 3.05) is 23.6 Å². The van der Waals surface area contributed by atoms with Crippen LogP contribution in [0.2, 0.25) is 0 Å². The van der Waals surface area contributed by atoms with Crippen molar-refractivity contribution in [1.29, 1.82) is 0 Å². The van der Waals surface area contributed by atoms with Crippen molar-refractivity contribution in [3.63, 3.8) is 0 Å². The summed E-state index contributed by atoms with van der Waals surface area (Å²) in [4.78, 5) is 39.6. The zero-order valence-electron chi connectivity index (χ0n) is 18.6. The van der Waals surface area contributed by atoms with Gasteiger partial charge in [0.15, 0.2) is 11.5 Å². The third kappa shape index (κ3) is 4.65. The SMILES string of the molecule is O=C(NCc1ccc2c(c1)OCO2)c1ccccc1NC(=O)C1CC(=O)N(c2ccccc2F)C1. The Morgan fingerprint density at radius 3 is 2.63 bits per heavy atom. The van der Waals surface area contributed by atoms with Crippen molar-refractivity contribution in [2.24, 2.45) is 5.92 Å². The zero-order valence-corrected chi connectivity index (χ0v) is 18.6. The Morgan fingerprint density at radius 2 is 1.77 bits per heavy atom. The molecule has 1 saturated heterocycles. The van der Waals surface area contributed by atoms with Gasteiger partial charge in [0, 0.05) is 19.5 Å². The topological polar surface area (TPSA) is 97.0 Å². The number of para-hydroxylation sites is 2. The maximum absolute atomic E-state index is 14.1. The normalized spacial score (nSPS) is 16.3. The fraction of sp³-hybridized carbons (Fsp3) is 0.192. The van der Waals surface area contributed by atoms with Gasteiger partial charge in [0.1, 0.15) is 5.82 Å². The highest BCUT2D eigenvalue weighted by Crippen LogP contribution is 2.32. The highest BCUT2D eigenvalue weighted by Gasteiger charge is 2.36. The maximum Gasteiger partial charge on any atom is 0.253 e. The van der Waals surface area contributed by atoms with E-state index in [1.165, 1.54) is 23.1 Å². The van der Waals surface area contributed by atoms with Gasteiger partial charge in [0.05, 0.1) is 22.9 Å². The van der Waals surface area contributed by atoms with Crippen LogP contribution in [0.15, 0.2) is 66.7 Å². The number of carbonyl (C=O) groups is 3.